The first-order valence-electron chi connectivity index (χ1n) is 8.08. The highest BCUT2D eigenvalue weighted by Crippen LogP contribution is 2.16. The van der Waals surface area contributed by atoms with Crippen LogP contribution in [-0.2, 0) is 4.79 Å². The Balaban J connectivity index is 1.51. The second kappa shape index (κ2) is 7.51. The molecule has 1 amide bonds. The summed E-state index contributed by atoms with van der Waals surface area (Å²) in [5, 5.41) is 12.2. The van der Waals surface area contributed by atoms with Gasteiger partial charge in [0.15, 0.2) is 0 Å². The number of anilines is 2. The van der Waals surface area contributed by atoms with Gasteiger partial charge < -0.3 is 15.1 Å². The molecule has 1 heterocycles. The molecule has 0 saturated carbocycles. The van der Waals surface area contributed by atoms with Crippen molar-refractivity contribution in [1.29, 1.82) is 5.26 Å². The minimum Gasteiger partial charge on any atom is -0.375 e. The van der Waals surface area contributed by atoms with E-state index in [1.165, 1.54) is 5.69 Å². The topological polar surface area (TPSA) is 59.4 Å². The molecule has 0 aromatic heterocycles. The number of carbonyl (C=O) groups excluding carboxylic acids is 1. The van der Waals surface area contributed by atoms with E-state index in [0.29, 0.717) is 11.3 Å². The van der Waals surface area contributed by atoms with Crippen LogP contribution in [0.4, 0.5) is 11.4 Å². The molecule has 24 heavy (non-hydrogen) atoms. The summed E-state index contributed by atoms with van der Waals surface area (Å²) in [5.74, 6) is 0.0652. The van der Waals surface area contributed by atoms with Gasteiger partial charge >= 0.3 is 0 Å². The fraction of sp³-hybridized carbons (Fsp3) is 0.263. The van der Waals surface area contributed by atoms with Gasteiger partial charge in [-0.25, -0.2) is 0 Å². The van der Waals surface area contributed by atoms with Crippen LogP contribution >= 0.6 is 0 Å². The Kier molecular flexibility index (Phi) is 4.97. The van der Waals surface area contributed by atoms with E-state index in [1.807, 2.05) is 41.3 Å². The predicted octanol–water partition coefficient (Wildman–Crippen LogP) is 2.32. The van der Waals surface area contributed by atoms with Gasteiger partial charge in [-0.2, -0.15) is 5.26 Å². The normalized spacial score (nSPS) is 14.1. The van der Waals surface area contributed by atoms with Crippen molar-refractivity contribution in [3.63, 3.8) is 0 Å². The number of hydrogen-bond acceptors (Lipinski definition) is 4. The summed E-state index contributed by atoms with van der Waals surface area (Å²) >= 11 is 0. The lowest BCUT2D eigenvalue weighted by atomic mass is 10.2. The highest BCUT2D eigenvalue weighted by molar-refractivity contribution is 5.81. The summed E-state index contributed by atoms with van der Waals surface area (Å²) in [5.41, 5.74) is 2.46. The van der Waals surface area contributed by atoms with Gasteiger partial charge in [-0.3, -0.25) is 4.79 Å². The van der Waals surface area contributed by atoms with E-state index in [1.54, 1.807) is 6.07 Å². The van der Waals surface area contributed by atoms with Crippen molar-refractivity contribution >= 4 is 17.3 Å². The molecule has 1 N–H and O–H groups in total. The van der Waals surface area contributed by atoms with Gasteiger partial charge in [0.05, 0.1) is 17.8 Å². The molecular formula is C19H20N4O. The first kappa shape index (κ1) is 15.9. The molecule has 2 aromatic rings. The van der Waals surface area contributed by atoms with Gasteiger partial charge in [0.1, 0.15) is 6.07 Å². The smallest absolute Gasteiger partial charge is 0.241 e. The molecule has 0 unspecified atom stereocenters. The van der Waals surface area contributed by atoms with E-state index in [9.17, 15) is 4.79 Å². The molecule has 1 aliphatic rings. The first-order valence-corrected chi connectivity index (χ1v) is 8.08. The molecule has 2 aromatic carbocycles. The van der Waals surface area contributed by atoms with Crippen LogP contribution in [0.2, 0.25) is 0 Å². The molecule has 0 bridgehead atoms. The molecule has 1 aliphatic heterocycles. The Labute approximate surface area is 142 Å². The van der Waals surface area contributed by atoms with Crippen LogP contribution in [0, 0.1) is 11.3 Å². The Hall–Kier alpha value is -3.00. The average Bonchev–Trinajstić information content (AvgIpc) is 2.67. The summed E-state index contributed by atoms with van der Waals surface area (Å²) in [6, 6.07) is 19.6. The van der Waals surface area contributed by atoms with E-state index in [2.05, 4.69) is 28.4 Å². The number of piperazine rings is 1. The third kappa shape index (κ3) is 3.66. The third-order valence-electron chi connectivity index (χ3n) is 4.23. The molecule has 0 radical (unpaired) electrons. The fourth-order valence-electron chi connectivity index (χ4n) is 2.87. The molecular weight excluding hydrogens is 300 g/mol. The van der Waals surface area contributed by atoms with Crippen LogP contribution in [0.15, 0.2) is 54.6 Å². The Morgan fingerprint density at radius 3 is 2.38 bits per heavy atom. The summed E-state index contributed by atoms with van der Waals surface area (Å²) in [6.45, 7) is 3.32. The quantitative estimate of drug-likeness (QED) is 0.939. The zero-order chi connectivity index (χ0) is 16.8. The minimum absolute atomic E-state index is 0.0652. The molecule has 0 aliphatic carbocycles. The molecule has 0 atom stereocenters. The van der Waals surface area contributed by atoms with E-state index in [4.69, 9.17) is 5.26 Å². The van der Waals surface area contributed by atoms with Crippen LogP contribution in [0.25, 0.3) is 0 Å². The largest absolute Gasteiger partial charge is 0.375 e. The maximum atomic E-state index is 12.4. The van der Waals surface area contributed by atoms with Crippen molar-refractivity contribution < 1.29 is 4.79 Å². The van der Waals surface area contributed by atoms with E-state index in [0.717, 1.165) is 26.2 Å². The molecule has 1 fully saturated rings. The van der Waals surface area contributed by atoms with Crippen LogP contribution in [0.5, 0.6) is 0 Å². The molecule has 5 nitrogen and oxygen atoms in total. The van der Waals surface area contributed by atoms with Crippen LogP contribution in [0.3, 0.4) is 0 Å². The number of rotatable bonds is 4. The highest BCUT2D eigenvalue weighted by Gasteiger charge is 2.21. The second-order valence-corrected chi connectivity index (χ2v) is 5.71. The van der Waals surface area contributed by atoms with Crippen LogP contribution in [-0.4, -0.2) is 43.5 Å². The number of amides is 1. The Morgan fingerprint density at radius 2 is 1.67 bits per heavy atom. The fourth-order valence-corrected chi connectivity index (χ4v) is 2.87. The molecule has 1 saturated heterocycles. The van der Waals surface area contributed by atoms with Crippen molar-refractivity contribution in [2.45, 2.75) is 0 Å². The SMILES string of the molecule is N#Cc1ccccc1NCC(=O)N1CCN(c2ccccc2)CC1. The predicted molar refractivity (Wildman–Crippen MR) is 94.9 cm³/mol. The number of benzene rings is 2. The molecule has 122 valence electrons. The maximum absolute atomic E-state index is 12.4. The van der Waals surface area contributed by atoms with Crippen molar-refractivity contribution in [3.05, 3.63) is 60.2 Å². The maximum Gasteiger partial charge on any atom is 0.241 e. The van der Waals surface area contributed by atoms with Crippen molar-refractivity contribution in [3.8, 4) is 6.07 Å². The number of para-hydroxylation sites is 2. The highest BCUT2D eigenvalue weighted by atomic mass is 16.2. The minimum atomic E-state index is 0.0652. The van der Waals surface area contributed by atoms with Crippen LogP contribution in [0.1, 0.15) is 5.56 Å². The lowest BCUT2D eigenvalue weighted by molar-refractivity contribution is -0.129. The second-order valence-electron chi connectivity index (χ2n) is 5.71. The Bertz CT molecular complexity index is 731. The lowest BCUT2D eigenvalue weighted by Gasteiger charge is -2.36. The van der Waals surface area contributed by atoms with Gasteiger partial charge in [-0.15, -0.1) is 0 Å². The number of nitrogens with one attached hydrogen (secondary N) is 1. The van der Waals surface area contributed by atoms with Gasteiger partial charge in [0.2, 0.25) is 5.91 Å². The number of nitrogens with zero attached hydrogens (tertiary/aromatic N) is 3. The summed E-state index contributed by atoms with van der Waals surface area (Å²) in [4.78, 5) is 16.5. The van der Waals surface area contributed by atoms with E-state index >= 15 is 0 Å². The Morgan fingerprint density at radius 1 is 1.00 bits per heavy atom. The van der Waals surface area contributed by atoms with Crippen LogP contribution < -0.4 is 10.2 Å². The zero-order valence-electron chi connectivity index (χ0n) is 13.5. The summed E-state index contributed by atoms with van der Waals surface area (Å²) in [6.07, 6.45) is 0. The van der Waals surface area contributed by atoms with E-state index < -0.39 is 0 Å². The third-order valence-corrected chi connectivity index (χ3v) is 4.23. The monoisotopic (exact) mass is 320 g/mol. The summed E-state index contributed by atoms with van der Waals surface area (Å²) in [7, 11) is 0. The van der Waals surface area contributed by atoms with Crippen molar-refractivity contribution in [1.82, 2.24) is 4.90 Å². The van der Waals surface area contributed by atoms with Crippen molar-refractivity contribution in [2.24, 2.45) is 0 Å². The van der Waals surface area contributed by atoms with Gasteiger partial charge in [0, 0.05) is 31.9 Å². The van der Waals surface area contributed by atoms with Crippen molar-refractivity contribution in [2.75, 3.05) is 42.9 Å². The number of hydrogen-bond donors (Lipinski definition) is 1. The number of carbonyl (C=O) groups is 1. The number of nitriles is 1. The lowest BCUT2D eigenvalue weighted by Crippen LogP contribution is -2.50. The zero-order valence-corrected chi connectivity index (χ0v) is 13.5. The summed E-state index contributed by atoms with van der Waals surface area (Å²) < 4.78 is 0. The molecule has 0 spiro atoms. The standard InChI is InChI=1S/C19H20N4O/c20-14-16-6-4-5-9-18(16)21-15-19(24)23-12-10-22(11-13-23)17-7-2-1-3-8-17/h1-9,21H,10-13,15H2. The molecule has 5 heteroatoms. The van der Waals surface area contributed by atoms with E-state index in [-0.39, 0.29) is 12.5 Å². The van der Waals surface area contributed by atoms with Gasteiger partial charge in [-0.05, 0) is 24.3 Å². The van der Waals surface area contributed by atoms with Gasteiger partial charge in [-0.1, -0.05) is 30.3 Å². The van der Waals surface area contributed by atoms with Gasteiger partial charge in [0.25, 0.3) is 0 Å². The average molecular weight is 320 g/mol. The molecule has 3 rings (SSSR count). The first-order chi connectivity index (χ1) is 11.8.